The fourth-order valence-corrected chi connectivity index (χ4v) is 2.08. The highest BCUT2D eigenvalue weighted by molar-refractivity contribution is 5.86. The van der Waals surface area contributed by atoms with Crippen molar-refractivity contribution in [2.45, 2.75) is 6.42 Å². The number of hydrogen-bond donors (Lipinski definition) is 1. The molecule has 19 heavy (non-hydrogen) atoms. The molecule has 0 atom stereocenters. The van der Waals surface area contributed by atoms with Crippen molar-refractivity contribution in [2.75, 3.05) is 20.1 Å². The summed E-state index contributed by atoms with van der Waals surface area (Å²) < 4.78 is 0. The van der Waals surface area contributed by atoms with E-state index in [4.69, 9.17) is 5.73 Å². The summed E-state index contributed by atoms with van der Waals surface area (Å²) in [6.45, 7) is 0.774. The van der Waals surface area contributed by atoms with Gasteiger partial charge in [-0.25, -0.2) is 0 Å². The summed E-state index contributed by atoms with van der Waals surface area (Å²) in [7, 11) is 1.79. The van der Waals surface area contributed by atoms with Gasteiger partial charge in [0, 0.05) is 13.6 Å². The largest absolute Gasteiger partial charge is 0.344 e. The van der Waals surface area contributed by atoms with Gasteiger partial charge in [-0.3, -0.25) is 4.79 Å². The summed E-state index contributed by atoms with van der Waals surface area (Å²) >= 11 is 0. The second-order valence-corrected chi connectivity index (χ2v) is 4.41. The first kappa shape index (κ1) is 15.5. The van der Waals surface area contributed by atoms with Crippen molar-refractivity contribution in [1.82, 2.24) is 4.90 Å². The van der Waals surface area contributed by atoms with Crippen LogP contribution in [-0.4, -0.2) is 30.9 Å². The molecule has 2 aromatic rings. The second-order valence-electron chi connectivity index (χ2n) is 4.41. The van der Waals surface area contributed by atoms with Gasteiger partial charge in [0.15, 0.2) is 0 Å². The van der Waals surface area contributed by atoms with Gasteiger partial charge in [-0.15, -0.1) is 12.4 Å². The molecule has 4 heteroatoms. The smallest absolute Gasteiger partial charge is 0.236 e. The third kappa shape index (κ3) is 3.69. The summed E-state index contributed by atoms with van der Waals surface area (Å²) in [5.74, 6) is -0.0183. The molecule has 0 aliphatic rings. The zero-order valence-corrected chi connectivity index (χ0v) is 11.8. The molecule has 0 aromatic heterocycles. The molecule has 1 amide bonds. The van der Waals surface area contributed by atoms with Gasteiger partial charge in [0.05, 0.1) is 6.54 Å². The van der Waals surface area contributed by atoms with Crippen LogP contribution in [0.15, 0.2) is 42.5 Å². The average molecular weight is 279 g/mol. The van der Waals surface area contributed by atoms with Crippen LogP contribution < -0.4 is 5.73 Å². The molecule has 0 spiro atoms. The maximum Gasteiger partial charge on any atom is 0.236 e. The maximum atomic E-state index is 11.4. The third-order valence-electron chi connectivity index (χ3n) is 3.20. The quantitative estimate of drug-likeness (QED) is 0.932. The van der Waals surface area contributed by atoms with Crippen molar-refractivity contribution in [1.29, 1.82) is 0 Å². The molecular weight excluding hydrogens is 260 g/mol. The number of fused-ring (bicyclic) bond motifs is 1. The topological polar surface area (TPSA) is 46.3 Å². The summed E-state index contributed by atoms with van der Waals surface area (Å²) in [4.78, 5) is 13.1. The van der Waals surface area contributed by atoms with E-state index in [1.54, 1.807) is 11.9 Å². The Labute approximate surface area is 119 Å². The first-order chi connectivity index (χ1) is 8.72. The Morgan fingerprint density at radius 3 is 2.58 bits per heavy atom. The molecule has 0 saturated carbocycles. The zero-order chi connectivity index (χ0) is 13.0. The van der Waals surface area contributed by atoms with Crippen LogP contribution in [0.2, 0.25) is 0 Å². The summed E-state index contributed by atoms with van der Waals surface area (Å²) in [6, 6.07) is 14.6. The predicted octanol–water partition coefficient (Wildman–Crippen LogP) is 2.22. The molecule has 102 valence electrons. The molecule has 0 bridgehead atoms. The first-order valence-electron chi connectivity index (χ1n) is 6.13. The first-order valence-corrected chi connectivity index (χ1v) is 6.13. The number of amides is 1. The Morgan fingerprint density at radius 2 is 1.84 bits per heavy atom. The van der Waals surface area contributed by atoms with Crippen LogP contribution in [0.5, 0.6) is 0 Å². The SMILES string of the molecule is CN(CCc1cccc2ccccc12)C(=O)CN.Cl. The van der Waals surface area contributed by atoms with Crippen LogP contribution in [-0.2, 0) is 11.2 Å². The number of carbonyl (C=O) groups is 1. The maximum absolute atomic E-state index is 11.4. The van der Waals surface area contributed by atoms with Gasteiger partial charge in [0.1, 0.15) is 0 Å². The fourth-order valence-electron chi connectivity index (χ4n) is 2.08. The predicted molar refractivity (Wildman–Crippen MR) is 81.6 cm³/mol. The van der Waals surface area contributed by atoms with Gasteiger partial charge in [0.25, 0.3) is 0 Å². The van der Waals surface area contributed by atoms with Crippen molar-refractivity contribution in [2.24, 2.45) is 5.73 Å². The van der Waals surface area contributed by atoms with Crippen molar-refractivity contribution in [3.8, 4) is 0 Å². The molecular formula is C15H19ClN2O. The van der Waals surface area contributed by atoms with E-state index in [1.165, 1.54) is 16.3 Å². The summed E-state index contributed by atoms with van der Waals surface area (Å²) in [5, 5.41) is 2.50. The summed E-state index contributed by atoms with van der Waals surface area (Å²) in [5.41, 5.74) is 6.61. The van der Waals surface area contributed by atoms with Crippen LogP contribution in [0.1, 0.15) is 5.56 Å². The van der Waals surface area contributed by atoms with Gasteiger partial charge in [-0.05, 0) is 22.8 Å². The number of likely N-dealkylation sites (N-methyl/N-ethyl adjacent to an activating group) is 1. The molecule has 2 aromatic carbocycles. The Morgan fingerprint density at radius 1 is 1.16 bits per heavy atom. The van der Waals surface area contributed by atoms with Crippen LogP contribution in [0, 0.1) is 0 Å². The molecule has 0 unspecified atom stereocenters. The second kappa shape index (κ2) is 7.12. The lowest BCUT2D eigenvalue weighted by molar-refractivity contribution is -0.128. The van der Waals surface area contributed by atoms with Crippen LogP contribution in [0.4, 0.5) is 0 Å². The minimum atomic E-state index is -0.0183. The normalized spacial score (nSPS) is 10.0. The molecule has 0 saturated heterocycles. The average Bonchev–Trinajstić information content (AvgIpc) is 2.43. The molecule has 0 aliphatic heterocycles. The number of nitrogens with two attached hydrogens (primary N) is 1. The molecule has 0 fully saturated rings. The van der Waals surface area contributed by atoms with E-state index in [2.05, 4.69) is 30.3 Å². The van der Waals surface area contributed by atoms with Crippen molar-refractivity contribution in [3.05, 3.63) is 48.0 Å². The van der Waals surface area contributed by atoms with E-state index >= 15 is 0 Å². The Balaban J connectivity index is 0.00000180. The van der Waals surface area contributed by atoms with Crippen LogP contribution in [0.25, 0.3) is 10.8 Å². The fraction of sp³-hybridized carbons (Fsp3) is 0.267. The van der Waals surface area contributed by atoms with Gasteiger partial charge in [-0.1, -0.05) is 42.5 Å². The molecule has 2 N–H and O–H groups in total. The van der Waals surface area contributed by atoms with Gasteiger partial charge >= 0.3 is 0 Å². The molecule has 0 radical (unpaired) electrons. The summed E-state index contributed by atoms with van der Waals surface area (Å²) in [6.07, 6.45) is 0.851. The minimum Gasteiger partial charge on any atom is -0.344 e. The van der Waals surface area contributed by atoms with Gasteiger partial charge in [0.2, 0.25) is 5.91 Å². The van der Waals surface area contributed by atoms with Crippen molar-refractivity contribution < 1.29 is 4.79 Å². The standard InChI is InChI=1S/C15H18N2O.ClH/c1-17(15(18)11-16)10-9-13-7-4-6-12-5-2-3-8-14(12)13;/h2-8H,9-11,16H2,1H3;1H. The highest BCUT2D eigenvalue weighted by atomic mass is 35.5. The Bertz CT molecular complexity index is 551. The molecule has 2 rings (SSSR count). The molecule has 0 heterocycles. The van der Waals surface area contributed by atoms with Crippen molar-refractivity contribution in [3.63, 3.8) is 0 Å². The number of benzene rings is 2. The van der Waals surface area contributed by atoms with Crippen LogP contribution >= 0.6 is 12.4 Å². The number of rotatable bonds is 4. The highest BCUT2D eigenvalue weighted by Gasteiger charge is 2.07. The lowest BCUT2D eigenvalue weighted by Crippen LogP contribution is -2.34. The number of nitrogens with zero attached hydrogens (tertiary/aromatic N) is 1. The zero-order valence-electron chi connectivity index (χ0n) is 11.0. The minimum absolute atomic E-state index is 0. The van der Waals surface area contributed by atoms with Gasteiger partial charge in [-0.2, -0.15) is 0 Å². The highest BCUT2D eigenvalue weighted by Crippen LogP contribution is 2.18. The molecule has 0 aliphatic carbocycles. The van der Waals surface area contributed by atoms with Gasteiger partial charge < -0.3 is 10.6 Å². The van der Waals surface area contributed by atoms with E-state index in [1.807, 2.05) is 12.1 Å². The van der Waals surface area contributed by atoms with E-state index in [-0.39, 0.29) is 24.9 Å². The van der Waals surface area contributed by atoms with E-state index in [0.717, 1.165) is 6.42 Å². The number of carbonyl (C=O) groups excluding carboxylic acids is 1. The molecule has 3 nitrogen and oxygen atoms in total. The van der Waals surface area contributed by atoms with E-state index in [9.17, 15) is 4.79 Å². The van der Waals surface area contributed by atoms with Crippen LogP contribution in [0.3, 0.4) is 0 Å². The van der Waals surface area contributed by atoms with Crippen molar-refractivity contribution >= 4 is 29.1 Å². The monoisotopic (exact) mass is 278 g/mol. The lowest BCUT2D eigenvalue weighted by Gasteiger charge is -2.16. The Kier molecular flexibility index (Phi) is 5.80. The number of hydrogen-bond acceptors (Lipinski definition) is 2. The van der Waals surface area contributed by atoms with E-state index < -0.39 is 0 Å². The lowest BCUT2D eigenvalue weighted by atomic mass is 10.0. The Hall–Kier alpha value is -1.58. The number of halogens is 1. The third-order valence-corrected chi connectivity index (χ3v) is 3.20. The van der Waals surface area contributed by atoms with E-state index in [0.29, 0.717) is 6.54 Å².